The summed E-state index contributed by atoms with van der Waals surface area (Å²) in [5, 5.41) is 23.0. The minimum atomic E-state index is -0.656. The van der Waals surface area contributed by atoms with Crippen LogP contribution in [-0.2, 0) is 4.79 Å². The molecule has 0 aliphatic rings. The van der Waals surface area contributed by atoms with Crippen molar-refractivity contribution in [1.82, 2.24) is 5.32 Å². The van der Waals surface area contributed by atoms with E-state index in [1.807, 2.05) is 0 Å². The fourth-order valence-corrected chi connectivity index (χ4v) is 5.82. The maximum Gasteiger partial charge on any atom is 0.220 e. The highest BCUT2D eigenvalue weighted by atomic mass is 16.3. The second-order valence-corrected chi connectivity index (χ2v) is 13.0. The number of allylic oxidation sites excluding steroid dienone is 2. The molecule has 0 aliphatic heterocycles. The highest BCUT2D eigenvalue weighted by Crippen LogP contribution is 2.15. The summed E-state index contributed by atoms with van der Waals surface area (Å²) in [5.74, 6) is -0.0359. The highest BCUT2D eigenvalue weighted by molar-refractivity contribution is 5.76. The summed E-state index contributed by atoms with van der Waals surface area (Å²) in [6.45, 7) is 4.35. The molecule has 1 amide bonds. The third kappa shape index (κ3) is 30.6. The number of rotatable bonds is 34. The summed E-state index contributed by atoms with van der Waals surface area (Å²) in [5.41, 5.74) is 0. The van der Waals surface area contributed by atoms with Gasteiger partial charge in [-0.2, -0.15) is 0 Å². The van der Waals surface area contributed by atoms with Crippen LogP contribution in [0.15, 0.2) is 12.2 Å². The van der Waals surface area contributed by atoms with Crippen LogP contribution < -0.4 is 5.32 Å². The van der Waals surface area contributed by atoms with E-state index in [1.54, 1.807) is 0 Å². The van der Waals surface area contributed by atoms with Gasteiger partial charge in [0.2, 0.25) is 5.91 Å². The number of carbonyl (C=O) groups excluding carboxylic acids is 1. The van der Waals surface area contributed by atoms with Crippen molar-refractivity contribution in [2.24, 2.45) is 0 Å². The number of unbranched alkanes of at least 4 members (excludes halogenated alkanes) is 25. The second-order valence-electron chi connectivity index (χ2n) is 13.0. The zero-order valence-electron chi connectivity index (χ0n) is 28.5. The molecule has 0 aromatic carbocycles. The summed E-state index contributed by atoms with van der Waals surface area (Å²) in [6.07, 6.45) is 41.2. The van der Waals surface area contributed by atoms with Crippen LogP contribution in [-0.4, -0.2) is 34.9 Å². The van der Waals surface area contributed by atoms with Gasteiger partial charge in [-0.05, 0) is 38.5 Å². The Morgan fingerprint density at radius 2 is 0.905 bits per heavy atom. The molecule has 0 fully saturated rings. The molecule has 4 nitrogen and oxygen atoms in total. The Kier molecular flexibility index (Phi) is 33.9. The van der Waals surface area contributed by atoms with Gasteiger partial charge < -0.3 is 15.5 Å². The molecule has 250 valence electrons. The Balaban J connectivity index is 3.55. The molecule has 2 unspecified atom stereocenters. The molecule has 0 aliphatic carbocycles. The Hall–Kier alpha value is -0.870. The standard InChI is InChI=1S/C38H75NO3/c1-3-5-7-9-11-13-15-17-18-19-20-22-24-26-28-30-32-34-38(42)39-36(35-40)37(41)33-31-29-27-25-23-21-16-14-12-10-8-6-4-2/h17-18,36-37,40-41H,3-16,19-35H2,1-2H3,(H,39,42)/b18-17-. The monoisotopic (exact) mass is 594 g/mol. The minimum Gasteiger partial charge on any atom is -0.394 e. The predicted octanol–water partition coefficient (Wildman–Crippen LogP) is 11.1. The van der Waals surface area contributed by atoms with Gasteiger partial charge >= 0.3 is 0 Å². The Labute approximate surface area is 263 Å². The fraction of sp³-hybridized carbons (Fsp3) is 0.921. The molecule has 3 N–H and O–H groups in total. The van der Waals surface area contributed by atoms with E-state index in [0.29, 0.717) is 12.8 Å². The van der Waals surface area contributed by atoms with E-state index in [1.165, 1.54) is 154 Å². The molecule has 0 rings (SSSR count). The minimum absolute atomic E-state index is 0.0359. The number of hydrogen-bond acceptors (Lipinski definition) is 3. The first-order chi connectivity index (χ1) is 20.7. The average Bonchev–Trinajstić information content (AvgIpc) is 2.99. The fourth-order valence-electron chi connectivity index (χ4n) is 5.82. The van der Waals surface area contributed by atoms with Crippen molar-refractivity contribution in [3.63, 3.8) is 0 Å². The van der Waals surface area contributed by atoms with Gasteiger partial charge in [-0.15, -0.1) is 0 Å². The molecule has 0 heterocycles. The average molecular weight is 594 g/mol. The molecule has 0 saturated heterocycles. The highest BCUT2D eigenvalue weighted by Gasteiger charge is 2.19. The molecular formula is C38H75NO3. The molecule has 0 radical (unpaired) electrons. The lowest BCUT2D eigenvalue weighted by atomic mass is 10.0. The molecule has 4 heteroatoms. The number of amides is 1. The van der Waals surface area contributed by atoms with Crippen LogP contribution in [0.4, 0.5) is 0 Å². The molecule has 0 spiro atoms. The van der Waals surface area contributed by atoms with E-state index in [4.69, 9.17) is 0 Å². The second kappa shape index (κ2) is 34.6. The van der Waals surface area contributed by atoms with Gasteiger partial charge in [0.05, 0.1) is 18.8 Å². The van der Waals surface area contributed by atoms with E-state index in [0.717, 1.165) is 25.7 Å². The molecule has 42 heavy (non-hydrogen) atoms. The van der Waals surface area contributed by atoms with Crippen molar-refractivity contribution in [2.45, 2.75) is 219 Å². The van der Waals surface area contributed by atoms with Gasteiger partial charge in [0, 0.05) is 6.42 Å². The number of carbonyl (C=O) groups is 1. The largest absolute Gasteiger partial charge is 0.394 e. The number of nitrogens with one attached hydrogen (secondary N) is 1. The lowest BCUT2D eigenvalue weighted by Gasteiger charge is -2.22. The van der Waals surface area contributed by atoms with Gasteiger partial charge in [-0.25, -0.2) is 0 Å². The van der Waals surface area contributed by atoms with Crippen molar-refractivity contribution in [1.29, 1.82) is 0 Å². The molecule has 0 saturated carbocycles. The summed E-state index contributed by atoms with van der Waals surface area (Å²) < 4.78 is 0. The van der Waals surface area contributed by atoms with Gasteiger partial charge in [-0.3, -0.25) is 4.79 Å². The molecule has 2 atom stereocenters. The maximum atomic E-state index is 12.3. The van der Waals surface area contributed by atoms with E-state index >= 15 is 0 Å². The maximum absolute atomic E-state index is 12.3. The number of aliphatic hydroxyl groups is 2. The van der Waals surface area contributed by atoms with E-state index in [2.05, 4.69) is 31.3 Å². The first kappa shape index (κ1) is 41.1. The summed E-state index contributed by atoms with van der Waals surface area (Å²) in [6, 6.07) is -0.533. The third-order valence-corrected chi connectivity index (χ3v) is 8.78. The van der Waals surface area contributed by atoms with Gasteiger partial charge in [0.1, 0.15) is 0 Å². The smallest absolute Gasteiger partial charge is 0.220 e. The van der Waals surface area contributed by atoms with Crippen LogP contribution in [0.3, 0.4) is 0 Å². The van der Waals surface area contributed by atoms with Gasteiger partial charge in [-0.1, -0.05) is 174 Å². The van der Waals surface area contributed by atoms with Gasteiger partial charge in [0.25, 0.3) is 0 Å². The zero-order chi connectivity index (χ0) is 30.8. The summed E-state index contributed by atoms with van der Waals surface area (Å²) in [4.78, 5) is 12.3. The van der Waals surface area contributed by atoms with Crippen molar-refractivity contribution < 1.29 is 15.0 Å². The van der Waals surface area contributed by atoms with Crippen LogP contribution >= 0.6 is 0 Å². The van der Waals surface area contributed by atoms with Crippen molar-refractivity contribution >= 4 is 5.91 Å². The lowest BCUT2D eigenvalue weighted by molar-refractivity contribution is -0.123. The first-order valence-corrected chi connectivity index (χ1v) is 18.9. The Bertz CT molecular complexity index is 565. The van der Waals surface area contributed by atoms with Crippen molar-refractivity contribution in [2.75, 3.05) is 6.61 Å². The molecule has 0 bridgehead atoms. The van der Waals surface area contributed by atoms with Crippen LogP contribution in [0, 0.1) is 0 Å². The normalized spacial score (nSPS) is 13.1. The van der Waals surface area contributed by atoms with Gasteiger partial charge in [0.15, 0.2) is 0 Å². The van der Waals surface area contributed by atoms with Crippen LogP contribution in [0.2, 0.25) is 0 Å². The van der Waals surface area contributed by atoms with Crippen LogP contribution in [0.1, 0.15) is 206 Å². The molecule has 0 aromatic rings. The Morgan fingerprint density at radius 3 is 1.31 bits per heavy atom. The summed E-state index contributed by atoms with van der Waals surface area (Å²) >= 11 is 0. The van der Waals surface area contributed by atoms with Crippen molar-refractivity contribution in [3.05, 3.63) is 12.2 Å². The molecular weight excluding hydrogens is 518 g/mol. The van der Waals surface area contributed by atoms with Crippen LogP contribution in [0.25, 0.3) is 0 Å². The first-order valence-electron chi connectivity index (χ1n) is 18.9. The summed E-state index contributed by atoms with van der Waals surface area (Å²) in [7, 11) is 0. The predicted molar refractivity (Wildman–Crippen MR) is 184 cm³/mol. The quantitative estimate of drug-likeness (QED) is 0.0513. The lowest BCUT2D eigenvalue weighted by Crippen LogP contribution is -2.45. The third-order valence-electron chi connectivity index (χ3n) is 8.78. The van der Waals surface area contributed by atoms with E-state index in [9.17, 15) is 15.0 Å². The van der Waals surface area contributed by atoms with Crippen molar-refractivity contribution in [3.8, 4) is 0 Å². The van der Waals surface area contributed by atoms with E-state index in [-0.39, 0.29) is 12.5 Å². The Morgan fingerprint density at radius 1 is 0.548 bits per heavy atom. The van der Waals surface area contributed by atoms with E-state index < -0.39 is 12.1 Å². The number of aliphatic hydroxyl groups excluding tert-OH is 2. The number of hydrogen-bond donors (Lipinski definition) is 3. The molecule has 0 aromatic heterocycles. The SMILES string of the molecule is CCCCCCCC/C=C\CCCCCCCCCC(=O)NC(CO)C(O)CCCCCCCCCCCCCCC. The topological polar surface area (TPSA) is 69.6 Å². The zero-order valence-corrected chi connectivity index (χ0v) is 28.5. The van der Waals surface area contributed by atoms with Crippen LogP contribution in [0.5, 0.6) is 0 Å².